The maximum atomic E-state index is 5.99. The fraction of sp³-hybridized carbons (Fsp3) is 0.308. The first-order valence-electron chi connectivity index (χ1n) is 5.85. The Morgan fingerprint density at radius 1 is 1.10 bits per heavy atom. The molecule has 0 spiro atoms. The SMILES string of the molecule is CC(C)(C)c1nc(-c2ncc(Br)cc2Br)nc(N)c1Br. The van der Waals surface area contributed by atoms with Crippen LogP contribution in [-0.2, 0) is 5.41 Å². The predicted octanol–water partition coefficient (Wildman–Crippen LogP) is 4.71. The van der Waals surface area contributed by atoms with Gasteiger partial charge in [0.05, 0.1) is 10.2 Å². The van der Waals surface area contributed by atoms with Crippen LogP contribution in [0.25, 0.3) is 11.5 Å². The predicted molar refractivity (Wildman–Crippen MR) is 91.5 cm³/mol. The van der Waals surface area contributed by atoms with E-state index < -0.39 is 0 Å². The fourth-order valence-electron chi connectivity index (χ4n) is 1.65. The number of hydrogen-bond acceptors (Lipinski definition) is 4. The van der Waals surface area contributed by atoms with Gasteiger partial charge in [0.25, 0.3) is 0 Å². The Kier molecular flexibility index (Phi) is 4.51. The van der Waals surface area contributed by atoms with Crippen molar-refractivity contribution >= 4 is 53.6 Å². The highest BCUT2D eigenvalue weighted by Crippen LogP contribution is 2.34. The van der Waals surface area contributed by atoms with E-state index in [1.807, 2.05) is 6.07 Å². The first-order valence-corrected chi connectivity index (χ1v) is 8.23. The summed E-state index contributed by atoms with van der Waals surface area (Å²) in [5, 5.41) is 0. The number of anilines is 1. The Labute approximate surface area is 143 Å². The molecule has 0 saturated heterocycles. The third-order valence-electron chi connectivity index (χ3n) is 2.61. The molecule has 0 bridgehead atoms. The number of nitrogens with zero attached hydrogens (tertiary/aromatic N) is 3. The van der Waals surface area contributed by atoms with E-state index in [-0.39, 0.29) is 5.41 Å². The molecule has 106 valence electrons. The maximum Gasteiger partial charge on any atom is 0.181 e. The van der Waals surface area contributed by atoms with Crippen molar-refractivity contribution in [2.45, 2.75) is 26.2 Å². The molecule has 0 saturated carbocycles. The normalized spacial score (nSPS) is 11.7. The summed E-state index contributed by atoms with van der Waals surface area (Å²) in [5.74, 6) is 0.923. The zero-order chi connectivity index (χ0) is 15.1. The fourth-order valence-corrected chi connectivity index (χ4v) is 3.58. The third kappa shape index (κ3) is 3.20. The van der Waals surface area contributed by atoms with Gasteiger partial charge in [0.1, 0.15) is 11.5 Å². The Balaban J connectivity index is 2.67. The molecule has 0 unspecified atom stereocenters. The van der Waals surface area contributed by atoms with Crippen LogP contribution < -0.4 is 5.73 Å². The molecule has 2 heterocycles. The second kappa shape index (κ2) is 5.69. The summed E-state index contributed by atoms with van der Waals surface area (Å²) in [7, 11) is 0. The van der Waals surface area contributed by atoms with E-state index >= 15 is 0 Å². The first kappa shape index (κ1) is 15.9. The zero-order valence-electron chi connectivity index (χ0n) is 11.2. The van der Waals surface area contributed by atoms with E-state index in [0.29, 0.717) is 17.3 Å². The summed E-state index contributed by atoms with van der Waals surface area (Å²) in [6, 6.07) is 1.90. The zero-order valence-corrected chi connectivity index (χ0v) is 16.0. The third-order valence-corrected chi connectivity index (χ3v) is 4.43. The van der Waals surface area contributed by atoms with E-state index in [1.165, 1.54) is 0 Å². The van der Waals surface area contributed by atoms with Crippen LogP contribution in [0.3, 0.4) is 0 Å². The lowest BCUT2D eigenvalue weighted by atomic mass is 9.92. The van der Waals surface area contributed by atoms with Crippen LogP contribution in [0.2, 0.25) is 0 Å². The van der Waals surface area contributed by atoms with Crippen molar-refractivity contribution in [3.63, 3.8) is 0 Å². The number of nitrogens with two attached hydrogens (primary N) is 1. The van der Waals surface area contributed by atoms with Crippen LogP contribution in [0.5, 0.6) is 0 Å². The maximum absolute atomic E-state index is 5.99. The molecule has 0 aliphatic rings. The number of rotatable bonds is 1. The van der Waals surface area contributed by atoms with Gasteiger partial charge in [-0.1, -0.05) is 20.8 Å². The number of aromatic nitrogens is 3. The van der Waals surface area contributed by atoms with Gasteiger partial charge < -0.3 is 5.73 Å². The van der Waals surface area contributed by atoms with Gasteiger partial charge >= 0.3 is 0 Å². The molecule has 0 atom stereocenters. The van der Waals surface area contributed by atoms with Gasteiger partial charge in [0.2, 0.25) is 0 Å². The average molecular weight is 465 g/mol. The lowest BCUT2D eigenvalue weighted by molar-refractivity contribution is 0.564. The lowest BCUT2D eigenvalue weighted by Gasteiger charge is -2.20. The molecule has 2 aromatic heterocycles. The Bertz CT molecular complexity index is 665. The van der Waals surface area contributed by atoms with Crippen LogP contribution in [0.4, 0.5) is 5.82 Å². The summed E-state index contributed by atoms with van der Waals surface area (Å²) in [4.78, 5) is 13.3. The molecular weight excluding hydrogens is 452 g/mol. The van der Waals surface area contributed by atoms with Gasteiger partial charge in [-0.2, -0.15) is 0 Å². The summed E-state index contributed by atoms with van der Waals surface area (Å²) in [6.07, 6.45) is 1.71. The minimum Gasteiger partial charge on any atom is -0.383 e. The lowest BCUT2D eigenvalue weighted by Crippen LogP contribution is -2.17. The highest BCUT2D eigenvalue weighted by molar-refractivity contribution is 9.11. The van der Waals surface area contributed by atoms with Crippen molar-refractivity contribution in [1.82, 2.24) is 15.0 Å². The molecular formula is C13H13Br3N4. The minimum absolute atomic E-state index is 0.146. The second-order valence-electron chi connectivity index (χ2n) is 5.33. The standard InChI is InChI=1S/C13H13Br3N4/c1-13(2,3)10-8(16)11(17)20-12(19-10)9-7(15)4-6(14)5-18-9/h4-5H,1-3H3,(H2,17,19,20). The molecule has 2 aromatic rings. The van der Waals surface area contributed by atoms with E-state index in [1.54, 1.807) is 6.20 Å². The average Bonchev–Trinajstić information content (AvgIpc) is 2.31. The summed E-state index contributed by atoms with van der Waals surface area (Å²) in [5.41, 5.74) is 7.36. The van der Waals surface area contributed by atoms with E-state index in [2.05, 4.69) is 83.5 Å². The first-order chi connectivity index (χ1) is 9.20. The van der Waals surface area contributed by atoms with Gasteiger partial charge in [0, 0.05) is 20.6 Å². The molecule has 0 radical (unpaired) electrons. The van der Waals surface area contributed by atoms with Gasteiger partial charge in [-0.25, -0.2) is 9.97 Å². The number of nitrogen functional groups attached to an aromatic ring is 1. The molecule has 0 aromatic carbocycles. The molecule has 4 nitrogen and oxygen atoms in total. The largest absolute Gasteiger partial charge is 0.383 e. The molecule has 7 heteroatoms. The van der Waals surface area contributed by atoms with Gasteiger partial charge in [-0.05, 0) is 53.9 Å². The van der Waals surface area contributed by atoms with E-state index in [0.717, 1.165) is 19.1 Å². The quantitative estimate of drug-likeness (QED) is 0.664. The molecule has 2 N–H and O–H groups in total. The van der Waals surface area contributed by atoms with E-state index in [4.69, 9.17) is 5.73 Å². The monoisotopic (exact) mass is 462 g/mol. The Morgan fingerprint density at radius 2 is 1.75 bits per heavy atom. The summed E-state index contributed by atoms with van der Waals surface area (Å²) in [6.45, 7) is 6.23. The highest BCUT2D eigenvalue weighted by atomic mass is 79.9. The molecule has 0 amide bonds. The van der Waals surface area contributed by atoms with Gasteiger partial charge in [0.15, 0.2) is 5.82 Å². The van der Waals surface area contributed by atoms with E-state index in [9.17, 15) is 0 Å². The van der Waals surface area contributed by atoms with Gasteiger partial charge in [-0.15, -0.1) is 0 Å². The number of halogens is 3. The van der Waals surface area contributed by atoms with Crippen molar-refractivity contribution in [3.8, 4) is 11.5 Å². The molecule has 0 fully saturated rings. The summed E-state index contributed by atoms with van der Waals surface area (Å²) >= 11 is 10.3. The minimum atomic E-state index is -0.146. The highest BCUT2D eigenvalue weighted by Gasteiger charge is 2.23. The van der Waals surface area contributed by atoms with Crippen LogP contribution in [0.15, 0.2) is 25.7 Å². The molecule has 20 heavy (non-hydrogen) atoms. The second-order valence-corrected chi connectivity index (χ2v) is 7.89. The number of pyridine rings is 1. The number of hydrogen-bond donors (Lipinski definition) is 1. The van der Waals surface area contributed by atoms with Crippen molar-refractivity contribution in [3.05, 3.63) is 31.4 Å². The topological polar surface area (TPSA) is 64.7 Å². The van der Waals surface area contributed by atoms with Crippen LogP contribution in [-0.4, -0.2) is 15.0 Å². The molecule has 0 aliphatic heterocycles. The molecule has 2 rings (SSSR count). The van der Waals surface area contributed by atoms with Crippen molar-refractivity contribution in [1.29, 1.82) is 0 Å². The van der Waals surface area contributed by atoms with Crippen LogP contribution >= 0.6 is 47.8 Å². The Morgan fingerprint density at radius 3 is 2.30 bits per heavy atom. The van der Waals surface area contributed by atoms with Crippen molar-refractivity contribution in [2.24, 2.45) is 0 Å². The van der Waals surface area contributed by atoms with Crippen LogP contribution in [0.1, 0.15) is 26.5 Å². The van der Waals surface area contributed by atoms with Gasteiger partial charge in [-0.3, -0.25) is 4.98 Å². The summed E-state index contributed by atoms with van der Waals surface area (Å²) < 4.78 is 2.43. The molecule has 0 aliphatic carbocycles. The van der Waals surface area contributed by atoms with Crippen molar-refractivity contribution < 1.29 is 0 Å². The van der Waals surface area contributed by atoms with Crippen molar-refractivity contribution in [2.75, 3.05) is 5.73 Å². The van der Waals surface area contributed by atoms with Crippen LogP contribution in [0, 0.1) is 0 Å². The smallest absolute Gasteiger partial charge is 0.181 e. The Hall–Kier alpha value is -0.530.